The largest absolute Gasteiger partial charge is 0.416 e. The van der Waals surface area contributed by atoms with Crippen molar-refractivity contribution in [2.75, 3.05) is 31.2 Å². The maximum atomic E-state index is 14.9. The summed E-state index contributed by atoms with van der Waals surface area (Å²) in [5.74, 6) is -0.0295. The first kappa shape index (κ1) is 23.9. The molecule has 2 fully saturated rings. The van der Waals surface area contributed by atoms with E-state index in [2.05, 4.69) is 20.4 Å². The van der Waals surface area contributed by atoms with Crippen LogP contribution in [0.25, 0.3) is 22.4 Å². The molecule has 0 amide bonds. The lowest BCUT2D eigenvalue weighted by Crippen LogP contribution is -2.48. The Morgan fingerprint density at radius 3 is 2.46 bits per heavy atom. The standard InChI is InChI=1S/C24H27F4N5O2/c1-13-18-10-15(24(26,27)28)11-19(25)21(18)31-22(20(13)23-29-14(2)32-35-23)33-7-5-16(6-8-33)30-17-4-3-9-34-12-17/h10-11,16-17,30H,3-9,12H2,1-2H3/t17-/m1/s1. The lowest BCUT2D eigenvalue weighted by atomic mass is 9.98. The Kier molecular flexibility index (Phi) is 6.39. The number of halogens is 4. The van der Waals surface area contributed by atoms with Gasteiger partial charge in [-0.05, 0) is 57.2 Å². The number of aromatic nitrogens is 3. The fourth-order valence-corrected chi connectivity index (χ4v) is 4.97. The molecule has 11 heteroatoms. The first-order valence-electron chi connectivity index (χ1n) is 11.8. The Morgan fingerprint density at radius 1 is 1.06 bits per heavy atom. The third kappa shape index (κ3) is 4.84. The third-order valence-corrected chi connectivity index (χ3v) is 6.78. The zero-order chi connectivity index (χ0) is 24.7. The van der Waals surface area contributed by atoms with E-state index in [1.165, 1.54) is 0 Å². The molecule has 3 aromatic rings. The molecule has 2 aliphatic heterocycles. The summed E-state index contributed by atoms with van der Waals surface area (Å²) in [5, 5.41) is 7.58. The smallest absolute Gasteiger partial charge is 0.380 e. The van der Waals surface area contributed by atoms with Crippen molar-refractivity contribution in [3.05, 3.63) is 34.9 Å². The molecule has 188 valence electrons. The quantitative estimate of drug-likeness (QED) is 0.524. The van der Waals surface area contributed by atoms with Crippen LogP contribution in [0.2, 0.25) is 0 Å². The monoisotopic (exact) mass is 493 g/mol. The molecule has 0 aliphatic carbocycles. The molecule has 5 rings (SSSR count). The topological polar surface area (TPSA) is 76.3 Å². The van der Waals surface area contributed by atoms with E-state index in [0.717, 1.165) is 38.4 Å². The Hall–Kier alpha value is -2.79. The fraction of sp³-hybridized carbons (Fsp3) is 0.542. The van der Waals surface area contributed by atoms with Crippen molar-refractivity contribution in [3.63, 3.8) is 0 Å². The van der Waals surface area contributed by atoms with E-state index in [-0.39, 0.29) is 16.8 Å². The summed E-state index contributed by atoms with van der Waals surface area (Å²) >= 11 is 0. The number of rotatable bonds is 4. The summed E-state index contributed by atoms with van der Waals surface area (Å²) in [6.45, 7) is 6.11. The lowest BCUT2D eigenvalue weighted by molar-refractivity contribution is -0.137. The van der Waals surface area contributed by atoms with E-state index in [1.807, 2.05) is 4.90 Å². The Labute approximate surface area is 199 Å². The summed E-state index contributed by atoms with van der Waals surface area (Å²) in [6, 6.07) is 2.09. The van der Waals surface area contributed by atoms with Crippen LogP contribution < -0.4 is 10.2 Å². The van der Waals surface area contributed by atoms with Gasteiger partial charge in [-0.1, -0.05) is 5.16 Å². The number of alkyl halides is 3. The van der Waals surface area contributed by atoms with Gasteiger partial charge in [0.2, 0.25) is 0 Å². The summed E-state index contributed by atoms with van der Waals surface area (Å²) in [6.07, 6.45) is -0.864. The molecule has 2 saturated heterocycles. The molecular formula is C24H27F4N5O2. The van der Waals surface area contributed by atoms with Gasteiger partial charge in [-0.15, -0.1) is 0 Å². The number of ether oxygens (including phenoxy) is 1. The van der Waals surface area contributed by atoms with E-state index in [1.54, 1.807) is 13.8 Å². The van der Waals surface area contributed by atoms with E-state index in [9.17, 15) is 17.6 Å². The highest BCUT2D eigenvalue weighted by Crippen LogP contribution is 2.40. The molecular weight excluding hydrogens is 466 g/mol. The number of hydrogen-bond acceptors (Lipinski definition) is 7. The number of hydrogen-bond donors (Lipinski definition) is 1. The number of pyridine rings is 1. The Bertz CT molecular complexity index is 1210. The van der Waals surface area contributed by atoms with Crippen molar-refractivity contribution in [3.8, 4) is 11.5 Å². The Morgan fingerprint density at radius 2 is 1.83 bits per heavy atom. The van der Waals surface area contributed by atoms with Crippen LogP contribution in [0.4, 0.5) is 23.4 Å². The highest BCUT2D eigenvalue weighted by Gasteiger charge is 2.34. The highest BCUT2D eigenvalue weighted by atomic mass is 19.4. The van der Waals surface area contributed by atoms with Crippen molar-refractivity contribution in [2.24, 2.45) is 0 Å². The van der Waals surface area contributed by atoms with Crippen LogP contribution >= 0.6 is 0 Å². The molecule has 2 aromatic heterocycles. The van der Waals surface area contributed by atoms with Crippen LogP contribution in [0, 0.1) is 19.7 Å². The van der Waals surface area contributed by atoms with Crippen molar-refractivity contribution in [1.82, 2.24) is 20.4 Å². The SMILES string of the molecule is Cc1noc(-c2c(N3CCC(N[C@@H]4CCCOC4)CC3)nc3c(F)cc(C(F)(F)F)cc3c2C)n1. The molecule has 0 saturated carbocycles. The van der Waals surface area contributed by atoms with Crippen molar-refractivity contribution >= 4 is 16.7 Å². The average Bonchev–Trinajstić information content (AvgIpc) is 3.25. The van der Waals surface area contributed by atoms with Gasteiger partial charge in [0.1, 0.15) is 17.2 Å². The van der Waals surface area contributed by atoms with E-state index < -0.39 is 17.6 Å². The summed E-state index contributed by atoms with van der Waals surface area (Å²) in [7, 11) is 0. The van der Waals surface area contributed by atoms with Crippen molar-refractivity contribution < 1.29 is 26.8 Å². The van der Waals surface area contributed by atoms with Gasteiger partial charge in [-0.25, -0.2) is 9.37 Å². The average molecular weight is 494 g/mol. The van der Waals surface area contributed by atoms with E-state index in [4.69, 9.17) is 9.26 Å². The number of nitrogens with one attached hydrogen (secondary N) is 1. The zero-order valence-electron chi connectivity index (χ0n) is 19.6. The maximum Gasteiger partial charge on any atom is 0.416 e. The highest BCUT2D eigenvalue weighted by molar-refractivity contribution is 5.93. The molecule has 1 N–H and O–H groups in total. The molecule has 0 radical (unpaired) electrons. The third-order valence-electron chi connectivity index (χ3n) is 6.78. The van der Waals surface area contributed by atoms with E-state index >= 15 is 0 Å². The van der Waals surface area contributed by atoms with Gasteiger partial charge >= 0.3 is 6.18 Å². The molecule has 7 nitrogen and oxygen atoms in total. The van der Waals surface area contributed by atoms with Gasteiger partial charge < -0.3 is 19.5 Å². The summed E-state index contributed by atoms with van der Waals surface area (Å²) in [4.78, 5) is 10.8. The first-order chi connectivity index (χ1) is 16.7. The molecule has 0 bridgehead atoms. The van der Waals surface area contributed by atoms with Crippen LogP contribution in [0.5, 0.6) is 0 Å². The second kappa shape index (κ2) is 9.34. The molecule has 1 atom stereocenters. The van der Waals surface area contributed by atoms with Gasteiger partial charge in [-0.3, -0.25) is 0 Å². The normalized spacial score (nSPS) is 20.1. The zero-order valence-corrected chi connectivity index (χ0v) is 19.6. The molecule has 35 heavy (non-hydrogen) atoms. The van der Waals surface area contributed by atoms with Gasteiger partial charge in [0, 0.05) is 37.2 Å². The molecule has 0 unspecified atom stereocenters. The van der Waals surface area contributed by atoms with Crippen LogP contribution in [0.15, 0.2) is 16.7 Å². The lowest BCUT2D eigenvalue weighted by Gasteiger charge is -2.36. The van der Waals surface area contributed by atoms with Crippen molar-refractivity contribution in [1.29, 1.82) is 0 Å². The minimum Gasteiger partial charge on any atom is -0.380 e. The second-order valence-corrected chi connectivity index (χ2v) is 9.28. The Balaban J connectivity index is 1.51. The van der Waals surface area contributed by atoms with E-state index in [0.29, 0.717) is 60.6 Å². The molecule has 0 spiro atoms. The second-order valence-electron chi connectivity index (χ2n) is 9.28. The summed E-state index contributed by atoms with van der Waals surface area (Å²) < 4.78 is 66.0. The molecule has 4 heterocycles. The number of aryl methyl sites for hydroxylation is 2. The number of anilines is 1. The molecule has 1 aromatic carbocycles. The minimum atomic E-state index is -4.68. The van der Waals surface area contributed by atoms with Crippen LogP contribution in [-0.4, -0.2) is 53.5 Å². The summed E-state index contributed by atoms with van der Waals surface area (Å²) in [5.41, 5.74) is -0.321. The van der Waals surface area contributed by atoms with Crippen LogP contribution in [-0.2, 0) is 10.9 Å². The van der Waals surface area contributed by atoms with Gasteiger partial charge in [0.15, 0.2) is 5.82 Å². The van der Waals surface area contributed by atoms with Crippen LogP contribution in [0.1, 0.15) is 42.6 Å². The van der Waals surface area contributed by atoms with Gasteiger partial charge in [0.25, 0.3) is 5.89 Å². The number of nitrogens with zero attached hydrogens (tertiary/aromatic N) is 4. The predicted octanol–water partition coefficient (Wildman–Crippen LogP) is 4.80. The minimum absolute atomic E-state index is 0.0702. The number of benzene rings is 1. The fourth-order valence-electron chi connectivity index (χ4n) is 4.97. The number of piperidine rings is 1. The predicted molar refractivity (Wildman–Crippen MR) is 122 cm³/mol. The van der Waals surface area contributed by atoms with Crippen molar-refractivity contribution in [2.45, 2.75) is 57.8 Å². The van der Waals surface area contributed by atoms with Crippen LogP contribution in [0.3, 0.4) is 0 Å². The van der Waals surface area contributed by atoms with Gasteiger partial charge in [-0.2, -0.15) is 18.2 Å². The molecule has 2 aliphatic rings. The van der Waals surface area contributed by atoms with Gasteiger partial charge in [0.05, 0.1) is 17.7 Å². The maximum absolute atomic E-state index is 14.9. The number of fused-ring (bicyclic) bond motifs is 1. The first-order valence-corrected chi connectivity index (χ1v) is 11.8.